The molecule has 0 aliphatic heterocycles. The molecule has 1 N–H and O–H groups in total. The van der Waals surface area contributed by atoms with Crippen LogP contribution in [0.15, 0.2) is 29.8 Å². The lowest BCUT2D eigenvalue weighted by Gasteiger charge is -2.07. The summed E-state index contributed by atoms with van der Waals surface area (Å²) in [7, 11) is 0. The van der Waals surface area contributed by atoms with E-state index < -0.39 is 0 Å². The smallest absolute Gasteiger partial charge is 0.167 e. The number of ether oxygens (including phenoxy) is 1. The van der Waals surface area contributed by atoms with E-state index in [1.165, 1.54) is 11.6 Å². The van der Waals surface area contributed by atoms with Gasteiger partial charge in [0.1, 0.15) is 0 Å². The van der Waals surface area contributed by atoms with E-state index in [2.05, 4.69) is 5.32 Å². The van der Waals surface area contributed by atoms with Crippen LogP contribution < -0.4 is 10.1 Å². The minimum Gasteiger partial charge on any atom is -0.491 e. The zero-order valence-electron chi connectivity index (χ0n) is 8.47. The first-order valence-electron chi connectivity index (χ1n) is 4.69. The van der Waals surface area contributed by atoms with Gasteiger partial charge < -0.3 is 10.1 Å². The lowest BCUT2D eigenvalue weighted by Crippen LogP contribution is -2.00. The van der Waals surface area contributed by atoms with Gasteiger partial charge in [0.15, 0.2) is 11.6 Å². The minimum atomic E-state index is -0.364. The monoisotopic (exact) mass is 229 g/mol. The molecular formula is C11H13ClFNO. The Balaban J connectivity index is 2.64. The standard InChI is InChI=1S/C11H13ClFNO/c1-2-15-11-5-4-9(8-10(11)13)14-7-3-6-12/h3-6,8,14H,2,7H2,1H3/b6-3+. The van der Waals surface area contributed by atoms with Crippen LogP contribution in [-0.2, 0) is 0 Å². The highest BCUT2D eigenvalue weighted by atomic mass is 35.5. The zero-order valence-corrected chi connectivity index (χ0v) is 9.22. The molecule has 0 aliphatic carbocycles. The maximum atomic E-state index is 13.3. The fourth-order valence-corrected chi connectivity index (χ4v) is 1.19. The quantitative estimate of drug-likeness (QED) is 0.836. The SMILES string of the molecule is CCOc1ccc(NC/C=C/Cl)cc1F. The van der Waals surface area contributed by atoms with Crippen molar-refractivity contribution >= 4 is 17.3 Å². The molecule has 0 amide bonds. The summed E-state index contributed by atoms with van der Waals surface area (Å²) in [5.74, 6) is -0.0901. The van der Waals surface area contributed by atoms with E-state index in [1.54, 1.807) is 18.2 Å². The Labute approximate surface area is 93.7 Å². The van der Waals surface area contributed by atoms with Crippen molar-refractivity contribution in [2.75, 3.05) is 18.5 Å². The average Bonchev–Trinajstić information content (AvgIpc) is 2.23. The number of hydrogen-bond acceptors (Lipinski definition) is 2. The summed E-state index contributed by atoms with van der Waals surface area (Å²) in [6.45, 7) is 2.84. The van der Waals surface area contributed by atoms with E-state index in [1.807, 2.05) is 6.92 Å². The van der Waals surface area contributed by atoms with Gasteiger partial charge in [-0.05, 0) is 19.1 Å². The van der Waals surface area contributed by atoms with Crippen molar-refractivity contribution in [3.05, 3.63) is 35.6 Å². The summed E-state index contributed by atoms with van der Waals surface area (Å²) >= 11 is 5.35. The van der Waals surface area contributed by atoms with Gasteiger partial charge in [0.25, 0.3) is 0 Å². The molecule has 4 heteroatoms. The third-order valence-electron chi connectivity index (χ3n) is 1.74. The molecule has 1 rings (SSSR count). The molecule has 0 saturated heterocycles. The molecule has 2 nitrogen and oxygen atoms in total. The van der Waals surface area contributed by atoms with E-state index in [0.717, 1.165) is 0 Å². The summed E-state index contributed by atoms with van der Waals surface area (Å²) in [6, 6.07) is 4.76. The fraction of sp³-hybridized carbons (Fsp3) is 0.273. The van der Waals surface area contributed by atoms with E-state index in [4.69, 9.17) is 16.3 Å². The Hall–Kier alpha value is -1.22. The van der Waals surface area contributed by atoms with Gasteiger partial charge in [-0.1, -0.05) is 17.7 Å². The van der Waals surface area contributed by atoms with E-state index >= 15 is 0 Å². The van der Waals surface area contributed by atoms with Crippen LogP contribution in [0.25, 0.3) is 0 Å². The van der Waals surface area contributed by atoms with Crippen molar-refractivity contribution in [3.8, 4) is 5.75 Å². The first-order chi connectivity index (χ1) is 7.27. The van der Waals surface area contributed by atoms with Crippen LogP contribution in [0.2, 0.25) is 0 Å². The van der Waals surface area contributed by atoms with Crippen LogP contribution >= 0.6 is 11.6 Å². The van der Waals surface area contributed by atoms with E-state index in [-0.39, 0.29) is 11.6 Å². The van der Waals surface area contributed by atoms with Crippen molar-refractivity contribution in [1.82, 2.24) is 0 Å². The lowest BCUT2D eigenvalue weighted by atomic mass is 10.3. The zero-order chi connectivity index (χ0) is 11.1. The molecule has 0 bridgehead atoms. The van der Waals surface area contributed by atoms with Crippen molar-refractivity contribution in [1.29, 1.82) is 0 Å². The second kappa shape index (κ2) is 6.30. The van der Waals surface area contributed by atoms with Crippen molar-refractivity contribution in [2.24, 2.45) is 0 Å². The van der Waals surface area contributed by atoms with Gasteiger partial charge in [-0.15, -0.1) is 0 Å². The Morgan fingerprint density at radius 3 is 2.93 bits per heavy atom. The molecule has 0 heterocycles. The van der Waals surface area contributed by atoms with Crippen LogP contribution in [0.5, 0.6) is 5.75 Å². The van der Waals surface area contributed by atoms with Crippen molar-refractivity contribution in [3.63, 3.8) is 0 Å². The molecule has 1 aromatic carbocycles. The first-order valence-corrected chi connectivity index (χ1v) is 5.13. The van der Waals surface area contributed by atoms with Crippen molar-refractivity contribution in [2.45, 2.75) is 6.92 Å². The highest BCUT2D eigenvalue weighted by Gasteiger charge is 2.02. The van der Waals surface area contributed by atoms with Gasteiger partial charge in [-0.3, -0.25) is 0 Å². The highest BCUT2D eigenvalue weighted by molar-refractivity contribution is 6.25. The minimum absolute atomic E-state index is 0.274. The van der Waals surface area contributed by atoms with Gasteiger partial charge in [0.2, 0.25) is 0 Å². The predicted molar refractivity (Wildman–Crippen MR) is 61.1 cm³/mol. The number of rotatable bonds is 5. The number of anilines is 1. The second-order valence-electron chi connectivity index (χ2n) is 2.82. The van der Waals surface area contributed by atoms with Crippen LogP contribution in [-0.4, -0.2) is 13.2 Å². The Kier molecular flexibility index (Phi) is 4.98. The highest BCUT2D eigenvalue weighted by Crippen LogP contribution is 2.20. The summed E-state index contributed by atoms with van der Waals surface area (Å²) in [6.07, 6.45) is 1.73. The Morgan fingerprint density at radius 2 is 2.33 bits per heavy atom. The van der Waals surface area contributed by atoms with Crippen LogP contribution in [0.1, 0.15) is 6.92 Å². The second-order valence-corrected chi connectivity index (χ2v) is 3.07. The fourth-order valence-electron chi connectivity index (χ4n) is 1.10. The largest absolute Gasteiger partial charge is 0.491 e. The summed E-state index contributed by atoms with van der Waals surface area (Å²) < 4.78 is 18.4. The van der Waals surface area contributed by atoms with Crippen LogP contribution in [0.4, 0.5) is 10.1 Å². The molecule has 82 valence electrons. The van der Waals surface area contributed by atoms with E-state index in [0.29, 0.717) is 18.8 Å². The Bertz CT molecular complexity index is 341. The third-order valence-corrected chi connectivity index (χ3v) is 1.92. The normalized spacial score (nSPS) is 10.6. The summed E-state index contributed by atoms with van der Waals surface area (Å²) in [5.41, 5.74) is 2.11. The molecule has 0 spiro atoms. The van der Waals surface area contributed by atoms with Gasteiger partial charge >= 0.3 is 0 Å². The molecule has 0 aromatic heterocycles. The first kappa shape index (κ1) is 11.9. The topological polar surface area (TPSA) is 21.3 Å². The molecule has 0 atom stereocenters. The van der Waals surface area contributed by atoms with Crippen molar-refractivity contribution < 1.29 is 9.13 Å². The maximum Gasteiger partial charge on any atom is 0.167 e. The predicted octanol–water partition coefficient (Wildman–Crippen LogP) is 3.39. The Morgan fingerprint density at radius 1 is 1.53 bits per heavy atom. The molecule has 0 unspecified atom stereocenters. The maximum absolute atomic E-state index is 13.3. The lowest BCUT2D eigenvalue weighted by molar-refractivity contribution is 0.321. The van der Waals surface area contributed by atoms with Crippen LogP contribution in [0.3, 0.4) is 0 Å². The van der Waals surface area contributed by atoms with Crippen LogP contribution in [0, 0.1) is 5.82 Å². The molecule has 15 heavy (non-hydrogen) atoms. The summed E-state index contributed by atoms with van der Waals surface area (Å²) in [5, 5.41) is 2.99. The number of hydrogen-bond donors (Lipinski definition) is 1. The number of halogens is 2. The number of nitrogens with one attached hydrogen (secondary N) is 1. The van der Waals surface area contributed by atoms with Gasteiger partial charge in [0, 0.05) is 23.8 Å². The third kappa shape index (κ3) is 3.80. The molecule has 1 aromatic rings. The van der Waals surface area contributed by atoms with Gasteiger partial charge in [0.05, 0.1) is 6.61 Å². The van der Waals surface area contributed by atoms with E-state index in [9.17, 15) is 4.39 Å². The molecule has 0 aliphatic rings. The molecule has 0 saturated carbocycles. The summed E-state index contributed by atoms with van der Waals surface area (Å²) in [4.78, 5) is 0. The molecule has 0 fully saturated rings. The molecule has 0 radical (unpaired) electrons. The molecular weight excluding hydrogens is 217 g/mol. The van der Waals surface area contributed by atoms with Gasteiger partial charge in [-0.2, -0.15) is 0 Å². The average molecular weight is 230 g/mol. The number of benzene rings is 1. The van der Waals surface area contributed by atoms with Gasteiger partial charge in [-0.25, -0.2) is 4.39 Å².